The predicted octanol–water partition coefficient (Wildman–Crippen LogP) is 2.93. The molecule has 2 aromatic rings. The Bertz CT molecular complexity index is 642. The van der Waals surface area contributed by atoms with Gasteiger partial charge in [0, 0.05) is 11.8 Å². The van der Waals surface area contributed by atoms with Crippen LogP contribution in [0.1, 0.15) is 22.7 Å². The van der Waals surface area contributed by atoms with Crippen LogP contribution in [0.4, 0.5) is 22.0 Å². The fraction of sp³-hybridized carbons (Fsp3) is 0.154. The van der Waals surface area contributed by atoms with Crippen LogP contribution in [0, 0.1) is 11.6 Å². The normalized spacial score (nSPS) is 13.2. The lowest BCUT2D eigenvalue weighted by atomic mass is 9.97. The molecule has 0 spiro atoms. The van der Waals surface area contributed by atoms with E-state index in [-0.39, 0.29) is 11.1 Å². The van der Waals surface area contributed by atoms with Crippen LogP contribution in [0.2, 0.25) is 0 Å². The lowest BCUT2D eigenvalue weighted by Gasteiger charge is -2.19. The fourth-order valence-corrected chi connectivity index (χ4v) is 1.93. The number of pyridine rings is 1. The van der Waals surface area contributed by atoms with Crippen molar-refractivity contribution in [3.8, 4) is 0 Å². The highest BCUT2D eigenvalue weighted by Gasteiger charge is 2.35. The third-order valence-corrected chi connectivity index (χ3v) is 2.91. The Morgan fingerprint density at radius 2 is 1.81 bits per heavy atom. The minimum absolute atomic E-state index is 0.00670. The van der Waals surface area contributed by atoms with Gasteiger partial charge in [-0.15, -0.1) is 0 Å². The van der Waals surface area contributed by atoms with Crippen molar-refractivity contribution in [1.82, 2.24) is 10.4 Å². The molecule has 112 valence electrons. The van der Waals surface area contributed by atoms with Crippen LogP contribution in [0.15, 0.2) is 36.7 Å². The highest BCUT2D eigenvalue weighted by molar-refractivity contribution is 5.35. The molecule has 1 aromatic heterocycles. The highest BCUT2D eigenvalue weighted by Crippen LogP contribution is 2.34. The van der Waals surface area contributed by atoms with Gasteiger partial charge in [0.2, 0.25) is 0 Å². The second-order valence-electron chi connectivity index (χ2n) is 4.23. The Labute approximate surface area is 116 Å². The molecular weight excluding hydrogens is 293 g/mol. The van der Waals surface area contributed by atoms with Gasteiger partial charge in [-0.3, -0.25) is 10.8 Å². The molecule has 0 fully saturated rings. The van der Waals surface area contributed by atoms with E-state index in [2.05, 4.69) is 10.4 Å². The number of hydrogen-bond acceptors (Lipinski definition) is 3. The summed E-state index contributed by atoms with van der Waals surface area (Å²) in [5.74, 6) is 3.15. The van der Waals surface area contributed by atoms with E-state index in [1.807, 2.05) is 0 Å². The van der Waals surface area contributed by atoms with Crippen LogP contribution < -0.4 is 11.3 Å². The van der Waals surface area contributed by atoms with Crippen molar-refractivity contribution in [2.75, 3.05) is 0 Å². The summed E-state index contributed by atoms with van der Waals surface area (Å²) >= 11 is 0. The number of nitrogens with two attached hydrogens (primary N) is 1. The highest BCUT2D eigenvalue weighted by atomic mass is 19.4. The van der Waals surface area contributed by atoms with Gasteiger partial charge in [0.25, 0.3) is 0 Å². The SMILES string of the molecule is NNC(c1ccc(F)c(C(F)(F)F)c1)c1ccncc1F. The number of alkyl halides is 3. The van der Waals surface area contributed by atoms with Gasteiger partial charge < -0.3 is 0 Å². The predicted molar refractivity (Wildman–Crippen MR) is 64.8 cm³/mol. The number of nitrogens with one attached hydrogen (secondary N) is 1. The summed E-state index contributed by atoms with van der Waals surface area (Å²) in [6.07, 6.45) is -2.67. The fourth-order valence-electron chi connectivity index (χ4n) is 1.93. The topological polar surface area (TPSA) is 50.9 Å². The van der Waals surface area contributed by atoms with Gasteiger partial charge in [0.15, 0.2) is 0 Å². The van der Waals surface area contributed by atoms with Crippen molar-refractivity contribution in [3.63, 3.8) is 0 Å². The third-order valence-electron chi connectivity index (χ3n) is 2.91. The lowest BCUT2D eigenvalue weighted by Crippen LogP contribution is -2.30. The van der Waals surface area contributed by atoms with E-state index in [4.69, 9.17) is 5.84 Å². The van der Waals surface area contributed by atoms with Crippen LogP contribution in [-0.4, -0.2) is 4.98 Å². The summed E-state index contributed by atoms with van der Waals surface area (Å²) in [7, 11) is 0. The number of rotatable bonds is 3. The molecule has 0 saturated carbocycles. The molecule has 0 aliphatic heterocycles. The number of hydrogen-bond donors (Lipinski definition) is 2. The molecule has 1 unspecified atom stereocenters. The third kappa shape index (κ3) is 3.17. The first-order chi connectivity index (χ1) is 9.84. The summed E-state index contributed by atoms with van der Waals surface area (Å²) in [6, 6.07) is 2.59. The van der Waals surface area contributed by atoms with Gasteiger partial charge in [0.1, 0.15) is 11.6 Å². The minimum atomic E-state index is -4.85. The van der Waals surface area contributed by atoms with Gasteiger partial charge in [-0.1, -0.05) is 6.07 Å². The van der Waals surface area contributed by atoms with E-state index in [1.54, 1.807) is 0 Å². The second-order valence-corrected chi connectivity index (χ2v) is 4.23. The Hall–Kier alpha value is -2.06. The second kappa shape index (κ2) is 5.74. The average Bonchev–Trinajstić information content (AvgIpc) is 2.42. The van der Waals surface area contributed by atoms with Gasteiger partial charge in [-0.2, -0.15) is 13.2 Å². The summed E-state index contributed by atoms with van der Waals surface area (Å²) < 4.78 is 65.0. The molecule has 0 saturated heterocycles. The van der Waals surface area contributed by atoms with Gasteiger partial charge in [0.05, 0.1) is 17.8 Å². The molecule has 21 heavy (non-hydrogen) atoms. The van der Waals surface area contributed by atoms with Crippen molar-refractivity contribution >= 4 is 0 Å². The molecule has 1 atom stereocenters. The molecule has 0 aliphatic rings. The maximum Gasteiger partial charge on any atom is 0.419 e. The molecule has 0 amide bonds. The van der Waals surface area contributed by atoms with Crippen molar-refractivity contribution in [3.05, 3.63) is 65.0 Å². The largest absolute Gasteiger partial charge is 0.419 e. The minimum Gasteiger partial charge on any atom is -0.271 e. The van der Waals surface area contributed by atoms with E-state index < -0.39 is 29.4 Å². The first kappa shape index (κ1) is 15.3. The average molecular weight is 303 g/mol. The number of hydrazine groups is 1. The first-order valence-electron chi connectivity index (χ1n) is 5.76. The Morgan fingerprint density at radius 1 is 1.10 bits per heavy atom. The zero-order valence-electron chi connectivity index (χ0n) is 10.5. The van der Waals surface area contributed by atoms with Crippen LogP contribution in [0.25, 0.3) is 0 Å². The monoisotopic (exact) mass is 303 g/mol. The molecule has 0 aliphatic carbocycles. The zero-order valence-corrected chi connectivity index (χ0v) is 10.5. The van der Waals surface area contributed by atoms with Gasteiger partial charge in [-0.05, 0) is 23.8 Å². The van der Waals surface area contributed by atoms with Crippen LogP contribution >= 0.6 is 0 Å². The number of halogens is 5. The summed E-state index contributed by atoms with van der Waals surface area (Å²) in [4.78, 5) is 3.54. The number of benzene rings is 1. The van der Waals surface area contributed by atoms with Crippen molar-refractivity contribution in [2.24, 2.45) is 5.84 Å². The van der Waals surface area contributed by atoms with Crippen LogP contribution in [0.3, 0.4) is 0 Å². The molecule has 3 nitrogen and oxygen atoms in total. The Morgan fingerprint density at radius 3 is 2.38 bits per heavy atom. The number of aromatic nitrogens is 1. The van der Waals surface area contributed by atoms with E-state index in [9.17, 15) is 22.0 Å². The molecular formula is C13H10F5N3. The van der Waals surface area contributed by atoms with E-state index >= 15 is 0 Å². The quantitative estimate of drug-likeness (QED) is 0.521. The van der Waals surface area contributed by atoms with E-state index in [0.29, 0.717) is 12.1 Å². The lowest BCUT2D eigenvalue weighted by molar-refractivity contribution is -0.140. The number of nitrogens with zero attached hydrogens (tertiary/aromatic N) is 1. The van der Waals surface area contributed by atoms with Gasteiger partial charge >= 0.3 is 6.18 Å². The standard InChI is InChI=1S/C13H10F5N3/c14-10-2-1-7(5-9(10)13(16,17)18)12(21-19)8-3-4-20-6-11(8)15/h1-6,12,21H,19H2. The molecule has 2 rings (SSSR count). The molecule has 8 heteroatoms. The van der Waals surface area contributed by atoms with Gasteiger partial charge in [-0.25, -0.2) is 14.2 Å². The van der Waals surface area contributed by atoms with Crippen LogP contribution in [0.5, 0.6) is 0 Å². The van der Waals surface area contributed by atoms with Crippen molar-refractivity contribution in [1.29, 1.82) is 0 Å². The summed E-state index contributed by atoms with van der Waals surface area (Å²) in [5.41, 5.74) is 0.770. The smallest absolute Gasteiger partial charge is 0.271 e. The van der Waals surface area contributed by atoms with Crippen molar-refractivity contribution in [2.45, 2.75) is 12.2 Å². The summed E-state index contributed by atoms with van der Waals surface area (Å²) in [6.45, 7) is 0. The van der Waals surface area contributed by atoms with E-state index in [1.165, 1.54) is 12.3 Å². The maximum atomic E-state index is 13.7. The van der Waals surface area contributed by atoms with E-state index in [0.717, 1.165) is 12.3 Å². The molecule has 1 heterocycles. The Kier molecular flexibility index (Phi) is 4.19. The molecule has 0 bridgehead atoms. The van der Waals surface area contributed by atoms with Crippen molar-refractivity contribution < 1.29 is 22.0 Å². The molecule has 0 radical (unpaired) electrons. The Balaban J connectivity index is 2.52. The molecule has 3 N–H and O–H groups in total. The van der Waals surface area contributed by atoms with Crippen LogP contribution in [-0.2, 0) is 6.18 Å². The molecule has 1 aromatic carbocycles. The summed E-state index contributed by atoms with van der Waals surface area (Å²) in [5, 5.41) is 0. The zero-order chi connectivity index (χ0) is 15.6. The maximum absolute atomic E-state index is 13.7. The first-order valence-corrected chi connectivity index (χ1v) is 5.76.